The zero-order valence-corrected chi connectivity index (χ0v) is 19.9. The molecule has 1 aliphatic heterocycles. The number of rotatable bonds is 9. The Morgan fingerprint density at radius 3 is 2.62 bits per heavy atom. The molecule has 1 amide bonds. The van der Waals surface area contributed by atoms with Gasteiger partial charge in [0.05, 0.1) is 31.0 Å². The zero-order valence-electron chi connectivity index (χ0n) is 19.1. The molecule has 1 aromatic carbocycles. The highest BCUT2D eigenvalue weighted by atomic mass is 32.2. The van der Waals surface area contributed by atoms with Crippen LogP contribution < -0.4 is 23.8 Å². The molecule has 0 saturated carbocycles. The van der Waals surface area contributed by atoms with Crippen LogP contribution in [0, 0.1) is 11.3 Å². The topological polar surface area (TPSA) is 157 Å². The van der Waals surface area contributed by atoms with Gasteiger partial charge in [-0.25, -0.2) is 9.52 Å². The van der Waals surface area contributed by atoms with Gasteiger partial charge in [0, 0.05) is 43.8 Å². The van der Waals surface area contributed by atoms with E-state index in [0.717, 1.165) is 37.1 Å². The van der Waals surface area contributed by atoms with Crippen LogP contribution in [0.4, 0.5) is 10.5 Å². The number of benzene rings is 1. The average Bonchev–Trinajstić information content (AvgIpc) is 3.04. The second-order valence-electron chi connectivity index (χ2n) is 7.70. The minimum absolute atomic E-state index is 0.123. The van der Waals surface area contributed by atoms with E-state index < -0.39 is 16.3 Å². The summed E-state index contributed by atoms with van der Waals surface area (Å²) in [7, 11) is -0.934. The number of ether oxygens (including phenoxy) is 2. The summed E-state index contributed by atoms with van der Waals surface area (Å²) in [6.45, 7) is 3.73. The lowest BCUT2D eigenvalue weighted by atomic mass is 10.1. The van der Waals surface area contributed by atoms with Gasteiger partial charge in [-0.1, -0.05) is 0 Å². The third-order valence-electron chi connectivity index (χ3n) is 5.53. The first kappa shape index (κ1) is 25.3. The maximum absolute atomic E-state index is 11.5. The molecule has 2 aromatic rings. The number of hydrogen-bond donors (Lipinski definition) is 3. The van der Waals surface area contributed by atoms with Gasteiger partial charge in [-0.3, -0.25) is 4.98 Å². The first-order chi connectivity index (χ1) is 16.3. The molecule has 3 rings (SSSR count). The SMILES string of the molecule is COc1cc2ncc(C#N)c(N3CCCN(CCCNS(=O)(=O)NC(=O)O)CC3)c2cc1OC. The number of nitrogens with zero attached hydrogens (tertiary/aromatic N) is 4. The summed E-state index contributed by atoms with van der Waals surface area (Å²) < 4.78 is 37.5. The molecule has 0 spiro atoms. The molecule has 12 nitrogen and oxygen atoms in total. The molecule has 1 saturated heterocycles. The number of amides is 1. The van der Waals surface area contributed by atoms with Crippen LogP contribution in [0.1, 0.15) is 18.4 Å². The fourth-order valence-corrected chi connectivity index (χ4v) is 4.72. The van der Waals surface area contributed by atoms with E-state index in [1.165, 1.54) is 4.72 Å². The Bertz CT molecular complexity index is 1180. The van der Waals surface area contributed by atoms with Crippen LogP contribution in [0.2, 0.25) is 0 Å². The summed E-state index contributed by atoms with van der Waals surface area (Å²) in [4.78, 5) is 19.3. The monoisotopic (exact) mass is 492 g/mol. The van der Waals surface area contributed by atoms with Crippen LogP contribution >= 0.6 is 0 Å². The van der Waals surface area contributed by atoms with E-state index >= 15 is 0 Å². The van der Waals surface area contributed by atoms with E-state index in [0.29, 0.717) is 42.1 Å². The van der Waals surface area contributed by atoms with E-state index in [4.69, 9.17) is 14.6 Å². The average molecular weight is 493 g/mol. The number of anilines is 1. The van der Waals surface area contributed by atoms with Gasteiger partial charge in [-0.15, -0.1) is 0 Å². The van der Waals surface area contributed by atoms with Crippen molar-refractivity contribution in [3.05, 3.63) is 23.9 Å². The van der Waals surface area contributed by atoms with Crippen molar-refractivity contribution < 1.29 is 27.8 Å². The molecule has 0 unspecified atom stereocenters. The van der Waals surface area contributed by atoms with Crippen molar-refractivity contribution >= 4 is 32.9 Å². The number of hydrogen-bond acceptors (Lipinski definition) is 9. The van der Waals surface area contributed by atoms with Crippen molar-refractivity contribution in [1.82, 2.24) is 19.3 Å². The van der Waals surface area contributed by atoms with Crippen molar-refractivity contribution in [1.29, 1.82) is 5.26 Å². The molecule has 184 valence electrons. The minimum atomic E-state index is -4.06. The number of methoxy groups -OCH3 is 2. The molecular weight excluding hydrogens is 464 g/mol. The fourth-order valence-electron chi connectivity index (χ4n) is 4.01. The summed E-state index contributed by atoms with van der Waals surface area (Å²) >= 11 is 0. The predicted molar refractivity (Wildman–Crippen MR) is 126 cm³/mol. The Balaban J connectivity index is 1.70. The molecule has 0 radical (unpaired) electrons. The molecule has 0 bridgehead atoms. The number of nitriles is 1. The highest BCUT2D eigenvalue weighted by molar-refractivity contribution is 7.88. The first-order valence-corrected chi connectivity index (χ1v) is 12.2. The molecule has 34 heavy (non-hydrogen) atoms. The van der Waals surface area contributed by atoms with Crippen LogP contribution in [0.5, 0.6) is 11.5 Å². The minimum Gasteiger partial charge on any atom is -0.493 e. The van der Waals surface area contributed by atoms with Crippen LogP contribution in [0.25, 0.3) is 10.9 Å². The van der Waals surface area contributed by atoms with E-state index in [-0.39, 0.29) is 6.54 Å². The van der Waals surface area contributed by atoms with Gasteiger partial charge in [0.2, 0.25) is 0 Å². The van der Waals surface area contributed by atoms with Gasteiger partial charge >= 0.3 is 16.3 Å². The largest absolute Gasteiger partial charge is 0.493 e. The lowest BCUT2D eigenvalue weighted by molar-refractivity contribution is 0.201. The summed E-state index contributed by atoms with van der Waals surface area (Å²) in [6, 6.07) is 5.89. The molecule has 1 aromatic heterocycles. The maximum Gasteiger partial charge on any atom is 0.419 e. The Labute approximate surface area is 198 Å². The highest BCUT2D eigenvalue weighted by Gasteiger charge is 2.22. The lowest BCUT2D eigenvalue weighted by Crippen LogP contribution is -2.40. The Morgan fingerprint density at radius 1 is 1.21 bits per heavy atom. The summed E-state index contributed by atoms with van der Waals surface area (Å²) in [5.41, 5.74) is 1.99. The molecule has 0 atom stereocenters. The molecule has 1 aliphatic rings. The summed E-state index contributed by atoms with van der Waals surface area (Å²) in [5.74, 6) is 1.12. The number of carbonyl (C=O) groups is 1. The van der Waals surface area contributed by atoms with Gasteiger partial charge in [-0.05, 0) is 32.0 Å². The van der Waals surface area contributed by atoms with Gasteiger partial charge in [0.1, 0.15) is 6.07 Å². The van der Waals surface area contributed by atoms with Crippen molar-refractivity contribution in [3.63, 3.8) is 0 Å². The summed E-state index contributed by atoms with van der Waals surface area (Å²) in [6.07, 6.45) is 1.33. The number of aromatic nitrogens is 1. The molecule has 2 heterocycles. The number of pyridine rings is 1. The van der Waals surface area contributed by atoms with E-state index in [2.05, 4.69) is 25.6 Å². The predicted octanol–water partition coefficient (Wildman–Crippen LogP) is 1.13. The number of fused-ring (bicyclic) bond motifs is 1. The molecule has 13 heteroatoms. The van der Waals surface area contributed by atoms with Crippen LogP contribution in [0.15, 0.2) is 18.3 Å². The Morgan fingerprint density at radius 2 is 1.94 bits per heavy atom. The van der Waals surface area contributed by atoms with Crippen LogP contribution in [0.3, 0.4) is 0 Å². The normalized spacial score (nSPS) is 14.9. The molecule has 0 aliphatic carbocycles. The molecule has 3 N–H and O–H groups in total. The van der Waals surface area contributed by atoms with E-state index in [1.807, 2.05) is 6.07 Å². The standard InChI is InChI=1S/C21H28N6O6S/c1-32-18-11-16-17(12-19(18)33-2)23-14-15(13-22)20(16)27-8-4-7-26(9-10-27)6-3-5-24-34(30,31)25-21(28)29/h11-12,14,24-25H,3-10H2,1-2H3,(H,28,29). The second kappa shape index (κ2) is 11.2. The van der Waals surface area contributed by atoms with Crippen molar-refractivity contribution in [2.75, 3.05) is 58.4 Å². The fraction of sp³-hybridized carbons (Fsp3) is 0.476. The smallest absolute Gasteiger partial charge is 0.419 e. The number of nitrogens with one attached hydrogen (secondary N) is 2. The third kappa shape index (κ3) is 6.16. The number of carboxylic acid groups (broad SMARTS) is 1. The quantitative estimate of drug-likeness (QED) is 0.433. The third-order valence-corrected chi connectivity index (χ3v) is 6.56. The zero-order chi connectivity index (χ0) is 24.7. The van der Waals surface area contributed by atoms with E-state index in [1.54, 1.807) is 26.5 Å². The van der Waals surface area contributed by atoms with E-state index in [9.17, 15) is 18.5 Å². The van der Waals surface area contributed by atoms with Crippen molar-refractivity contribution in [3.8, 4) is 17.6 Å². The summed E-state index contributed by atoms with van der Waals surface area (Å²) in [5, 5.41) is 19.1. The van der Waals surface area contributed by atoms with Crippen molar-refractivity contribution in [2.24, 2.45) is 0 Å². The molecule has 1 fully saturated rings. The molecular formula is C21H28N6O6S. The van der Waals surface area contributed by atoms with Gasteiger partial charge in [0.15, 0.2) is 11.5 Å². The lowest BCUT2D eigenvalue weighted by Gasteiger charge is -2.26. The van der Waals surface area contributed by atoms with Crippen LogP contribution in [-0.2, 0) is 10.2 Å². The van der Waals surface area contributed by atoms with Gasteiger partial charge < -0.3 is 24.4 Å². The van der Waals surface area contributed by atoms with Gasteiger partial charge in [0.25, 0.3) is 0 Å². The Hall–Kier alpha value is -3.34. The van der Waals surface area contributed by atoms with Crippen LogP contribution in [-0.4, -0.2) is 83.0 Å². The highest BCUT2D eigenvalue weighted by Crippen LogP contribution is 2.37. The van der Waals surface area contributed by atoms with Crippen molar-refractivity contribution in [2.45, 2.75) is 12.8 Å². The maximum atomic E-state index is 11.5. The second-order valence-corrected chi connectivity index (χ2v) is 9.20. The first-order valence-electron chi connectivity index (χ1n) is 10.7. The Kier molecular flexibility index (Phi) is 8.32. The van der Waals surface area contributed by atoms with Gasteiger partial charge in [-0.2, -0.15) is 18.4 Å².